The Morgan fingerprint density at radius 1 is 1.11 bits per heavy atom. The molecule has 0 unspecified atom stereocenters. The summed E-state index contributed by atoms with van der Waals surface area (Å²) in [6, 6.07) is 18.6. The van der Waals surface area contributed by atoms with Crippen molar-refractivity contribution in [2.75, 3.05) is 11.6 Å². The Bertz CT molecular complexity index is 1120. The smallest absolute Gasteiger partial charge is 0.210 e. The number of nitrogens with one attached hydrogen (secondary N) is 1. The lowest BCUT2D eigenvalue weighted by Crippen LogP contribution is -2.13. The number of nitrogens with two attached hydrogens (primary N) is 1. The molecule has 0 spiro atoms. The van der Waals surface area contributed by atoms with E-state index >= 15 is 0 Å². The van der Waals surface area contributed by atoms with Crippen molar-refractivity contribution in [1.82, 2.24) is 25.1 Å². The van der Waals surface area contributed by atoms with E-state index in [1.165, 1.54) is 16.4 Å². The SMILES string of the molecule is Nn1c(SCC(=O)c2ccccc2Cl)nnc1-c1cc(-c2ccccc2)n[nH]1. The van der Waals surface area contributed by atoms with Crippen LogP contribution in [0.15, 0.2) is 65.8 Å². The Morgan fingerprint density at radius 2 is 1.86 bits per heavy atom. The molecule has 2 aromatic carbocycles. The van der Waals surface area contributed by atoms with Gasteiger partial charge >= 0.3 is 0 Å². The molecule has 2 heterocycles. The van der Waals surface area contributed by atoms with Crippen molar-refractivity contribution in [1.29, 1.82) is 0 Å². The lowest BCUT2D eigenvalue weighted by molar-refractivity contribution is 0.102. The number of nitrogens with zero attached hydrogens (tertiary/aromatic N) is 4. The van der Waals surface area contributed by atoms with Crippen molar-refractivity contribution < 1.29 is 4.79 Å². The summed E-state index contributed by atoms with van der Waals surface area (Å²) >= 11 is 7.27. The van der Waals surface area contributed by atoms with Crippen LogP contribution in [0.4, 0.5) is 0 Å². The Hall–Kier alpha value is -3.10. The van der Waals surface area contributed by atoms with Gasteiger partial charge in [-0.2, -0.15) is 5.10 Å². The van der Waals surface area contributed by atoms with Gasteiger partial charge in [-0.15, -0.1) is 10.2 Å². The first-order chi connectivity index (χ1) is 13.6. The first-order valence-corrected chi connectivity index (χ1v) is 9.72. The van der Waals surface area contributed by atoms with E-state index in [1.807, 2.05) is 36.4 Å². The highest BCUT2D eigenvalue weighted by atomic mass is 35.5. The van der Waals surface area contributed by atoms with Crippen molar-refractivity contribution in [3.8, 4) is 22.8 Å². The normalized spacial score (nSPS) is 10.9. The van der Waals surface area contributed by atoms with E-state index in [4.69, 9.17) is 17.4 Å². The second-order valence-corrected chi connectivity index (χ2v) is 7.25. The largest absolute Gasteiger partial charge is 0.335 e. The molecule has 0 saturated carbocycles. The molecule has 0 amide bonds. The van der Waals surface area contributed by atoms with Crippen LogP contribution in [0.1, 0.15) is 10.4 Å². The first-order valence-electron chi connectivity index (χ1n) is 8.35. The van der Waals surface area contributed by atoms with E-state index in [1.54, 1.807) is 24.3 Å². The van der Waals surface area contributed by atoms with Gasteiger partial charge in [0.25, 0.3) is 0 Å². The molecule has 4 rings (SSSR count). The minimum Gasteiger partial charge on any atom is -0.335 e. The third kappa shape index (κ3) is 3.64. The van der Waals surface area contributed by atoms with Crippen LogP contribution in [0, 0.1) is 0 Å². The molecule has 0 bridgehead atoms. The fraction of sp³-hybridized carbons (Fsp3) is 0.0526. The number of hydrogen-bond acceptors (Lipinski definition) is 6. The summed E-state index contributed by atoms with van der Waals surface area (Å²) < 4.78 is 1.34. The van der Waals surface area contributed by atoms with Crippen LogP contribution in [0.5, 0.6) is 0 Å². The van der Waals surface area contributed by atoms with Crippen LogP contribution in [-0.4, -0.2) is 36.6 Å². The fourth-order valence-electron chi connectivity index (χ4n) is 2.65. The van der Waals surface area contributed by atoms with Gasteiger partial charge < -0.3 is 5.84 Å². The third-order valence-corrected chi connectivity index (χ3v) is 5.33. The zero-order valence-corrected chi connectivity index (χ0v) is 16.1. The van der Waals surface area contributed by atoms with Gasteiger partial charge in [0.2, 0.25) is 11.0 Å². The molecular formula is C19H15ClN6OS. The van der Waals surface area contributed by atoms with Crippen LogP contribution in [0.25, 0.3) is 22.8 Å². The van der Waals surface area contributed by atoms with E-state index in [2.05, 4.69) is 20.4 Å². The Labute approximate surface area is 169 Å². The molecule has 140 valence electrons. The number of nitrogen functional groups attached to an aromatic ring is 1. The topological polar surface area (TPSA) is 102 Å². The lowest BCUT2D eigenvalue weighted by atomic mass is 10.1. The highest BCUT2D eigenvalue weighted by Gasteiger charge is 2.17. The predicted octanol–water partition coefficient (Wildman–Crippen LogP) is 3.68. The van der Waals surface area contributed by atoms with Crippen molar-refractivity contribution >= 4 is 29.1 Å². The van der Waals surface area contributed by atoms with Crippen LogP contribution in [-0.2, 0) is 0 Å². The van der Waals surface area contributed by atoms with Crippen LogP contribution in [0.3, 0.4) is 0 Å². The fourth-order valence-corrected chi connectivity index (χ4v) is 3.63. The molecule has 4 aromatic rings. The quantitative estimate of drug-likeness (QED) is 0.285. The molecule has 0 aliphatic carbocycles. The number of carbonyl (C=O) groups is 1. The summed E-state index contributed by atoms with van der Waals surface area (Å²) in [4.78, 5) is 12.4. The molecule has 2 aromatic heterocycles. The van der Waals surface area contributed by atoms with Crippen molar-refractivity contribution in [3.05, 3.63) is 71.2 Å². The Balaban J connectivity index is 1.50. The zero-order chi connectivity index (χ0) is 19.5. The maximum atomic E-state index is 12.4. The number of benzene rings is 2. The maximum Gasteiger partial charge on any atom is 0.210 e. The minimum atomic E-state index is -0.104. The number of halogens is 1. The van der Waals surface area contributed by atoms with Gasteiger partial charge in [-0.3, -0.25) is 9.89 Å². The first kappa shape index (κ1) is 18.3. The number of ketones is 1. The number of aromatic nitrogens is 5. The number of aromatic amines is 1. The summed E-state index contributed by atoms with van der Waals surface area (Å²) in [6.07, 6.45) is 0. The van der Waals surface area contributed by atoms with Crippen molar-refractivity contribution in [3.63, 3.8) is 0 Å². The zero-order valence-electron chi connectivity index (χ0n) is 14.5. The van der Waals surface area contributed by atoms with E-state index in [9.17, 15) is 4.79 Å². The van der Waals surface area contributed by atoms with Crippen LogP contribution >= 0.6 is 23.4 Å². The summed E-state index contributed by atoms with van der Waals surface area (Å²) in [6.45, 7) is 0. The van der Waals surface area contributed by atoms with E-state index in [0.717, 1.165) is 11.3 Å². The van der Waals surface area contributed by atoms with E-state index < -0.39 is 0 Å². The average Bonchev–Trinajstić information content (AvgIpc) is 3.34. The molecule has 0 radical (unpaired) electrons. The predicted molar refractivity (Wildman–Crippen MR) is 110 cm³/mol. The van der Waals surface area contributed by atoms with Crippen molar-refractivity contribution in [2.24, 2.45) is 0 Å². The number of hydrogen-bond donors (Lipinski definition) is 2. The molecule has 3 N–H and O–H groups in total. The number of H-pyrrole nitrogens is 1. The number of Topliss-reactive ketones (excluding diaryl/α,β-unsaturated/α-hetero) is 1. The van der Waals surface area contributed by atoms with Crippen LogP contribution in [0.2, 0.25) is 5.02 Å². The molecule has 9 heteroatoms. The van der Waals surface area contributed by atoms with Gasteiger partial charge in [-0.25, -0.2) is 4.68 Å². The van der Waals surface area contributed by atoms with Gasteiger partial charge in [-0.1, -0.05) is 65.8 Å². The molecule has 0 aliphatic rings. The molecule has 0 aliphatic heterocycles. The highest BCUT2D eigenvalue weighted by molar-refractivity contribution is 7.99. The second kappa shape index (κ2) is 7.87. The number of thioether (sulfide) groups is 1. The lowest BCUT2D eigenvalue weighted by Gasteiger charge is -2.03. The molecule has 0 atom stereocenters. The van der Waals surface area contributed by atoms with Gasteiger partial charge in [0, 0.05) is 11.1 Å². The summed E-state index contributed by atoms with van der Waals surface area (Å²) in [5.41, 5.74) is 2.87. The van der Waals surface area contributed by atoms with Crippen LogP contribution < -0.4 is 5.84 Å². The maximum absolute atomic E-state index is 12.4. The Morgan fingerprint density at radius 3 is 2.64 bits per heavy atom. The standard InChI is InChI=1S/C19H15ClN6OS/c20-14-9-5-4-8-13(14)17(27)11-28-19-25-24-18(26(19)21)16-10-15(22-23-16)12-6-2-1-3-7-12/h1-10H,11,21H2,(H,22,23). The molecule has 28 heavy (non-hydrogen) atoms. The summed E-state index contributed by atoms with van der Waals surface area (Å²) in [5, 5.41) is 16.3. The Kier molecular flexibility index (Phi) is 5.14. The number of carbonyl (C=O) groups excluding carboxylic acids is 1. The number of rotatable bonds is 6. The van der Waals surface area contributed by atoms with Crippen molar-refractivity contribution in [2.45, 2.75) is 5.16 Å². The van der Waals surface area contributed by atoms with Gasteiger partial charge in [0.05, 0.1) is 16.5 Å². The van der Waals surface area contributed by atoms with Gasteiger partial charge in [0.15, 0.2) is 5.78 Å². The van der Waals surface area contributed by atoms with Gasteiger partial charge in [-0.05, 0) is 18.2 Å². The summed E-state index contributed by atoms with van der Waals surface area (Å²) in [7, 11) is 0. The summed E-state index contributed by atoms with van der Waals surface area (Å²) in [5.74, 6) is 6.60. The van der Waals surface area contributed by atoms with E-state index in [-0.39, 0.29) is 11.5 Å². The molecule has 0 fully saturated rings. The van der Waals surface area contributed by atoms with Gasteiger partial charge in [0.1, 0.15) is 5.69 Å². The molecular weight excluding hydrogens is 396 g/mol. The second-order valence-electron chi connectivity index (χ2n) is 5.90. The highest BCUT2D eigenvalue weighted by Crippen LogP contribution is 2.25. The van der Waals surface area contributed by atoms with E-state index in [0.29, 0.717) is 27.3 Å². The third-order valence-electron chi connectivity index (χ3n) is 4.06. The molecule has 0 saturated heterocycles. The molecule has 7 nitrogen and oxygen atoms in total. The minimum absolute atomic E-state index is 0.104. The monoisotopic (exact) mass is 410 g/mol. The average molecular weight is 411 g/mol.